The van der Waals surface area contributed by atoms with E-state index in [1.165, 1.54) is 12.1 Å². The molecule has 1 atom stereocenters. The monoisotopic (exact) mass is 915 g/mol. The van der Waals surface area contributed by atoms with Gasteiger partial charge in [0.05, 0.1) is 43.9 Å². The van der Waals surface area contributed by atoms with Crippen molar-refractivity contribution in [2.45, 2.75) is 19.2 Å². The van der Waals surface area contributed by atoms with E-state index in [0.717, 1.165) is 30.3 Å². The van der Waals surface area contributed by atoms with Gasteiger partial charge in [-0.1, -0.05) is 177 Å². The van der Waals surface area contributed by atoms with Crippen LogP contribution in [0, 0.1) is 0 Å². The summed E-state index contributed by atoms with van der Waals surface area (Å²) < 4.78 is 334. The first kappa shape index (κ1) is 18.1. The van der Waals surface area contributed by atoms with Gasteiger partial charge < -0.3 is 9.32 Å². The quantitative estimate of drug-likeness (QED) is 0.155. The summed E-state index contributed by atoms with van der Waals surface area (Å²) in [6.45, 7) is -3.29. The lowest BCUT2D eigenvalue weighted by atomic mass is 9.82. The topological polar surface area (TPSA) is 16.4 Å². The zero-order valence-corrected chi connectivity index (χ0v) is 35.2. The van der Waals surface area contributed by atoms with Crippen LogP contribution >= 0.6 is 0 Å². The summed E-state index contributed by atoms with van der Waals surface area (Å²) >= 11 is 0. The molecule has 14 rings (SSSR count). The first-order chi connectivity index (χ1) is 48.8. The van der Waals surface area contributed by atoms with Crippen LogP contribution in [0.5, 0.6) is 0 Å². The highest BCUT2D eigenvalue weighted by Gasteiger charge is 2.35. The molecule has 2 nitrogen and oxygen atoms in total. The van der Waals surface area contributed by atoms with E-state index in [4.69, 9.17) is 26.3 Å². The Bertz CT molecular complexity index is 6190. The van der Waals surface area contributed by atoms with Crippen molar-refractivity contribution in [3.8, 4) is 44.5 Å². The Balaban J connectivity index is 1.18. The SMILES string of the molecule is [2H]CC1(C([2H])[2H])c2cc(N(c3c([2H])c([2H])c(-c4c([2H])ccc([2H])c4[2H])c([2H])c3[2H])c3c([2H])c([2H])c(-c4c(-c5cc([2H])c6oc7c([2H])c8c([2H])c([2H])c([2H])cc8cc7c6c5[2H])c([2H])c5c6c([2H])c([2H])c([2H])c([2H])c6c6c([2H])c([2H])c([2H])c([2H])c6c5c4[2H])c([2H])c3[2H])c([2H])c([2H])c2-c2c([2H])cc([2H])c([2H])c21. The van der Waals surface area contributed by atoms with E-state index in [9.17, 15) is 26.0 Å². The van der Waals surface area contributed by atoms with Gasteiger partial charge in [0.2, 0.25) is 0 Å². The molecule has 0 spiro atoms. The van der Waals surface area contributed by atoms with E-state index >= 15 is 0 Å². The Hall–Kier alpha value is -8.72. The van der Waals surface area contributed by atoms with Gasteiger partial charge in [-0.05, 0) is 171 Å². The van der Waals surface area contributed by atoms with E-state index in [2.05, 4.69) is 0 Å². The summed E-state index contributed by atoms with van der Waals surface area (Å²) in [5, 5.41) is -4.49. The van der Waals surface area contributed by atoms with Crippen LogP contribution in [0.4, 0.5) is 17.1 Å². The zero-order valence-electron chi connectivity index (χ0n) is 70.2. The lowest BCUT2D eigenvalue weighted by Crippen LogP contribution is -2.16. The molecule has 0 N–H and O–H groups in total. The van der Waals surface area contributed by atoms with Crippen LogP contribution in [0.3, 0.4) is 0 Å². The number of furan rings is 1. The molecular weight excluding hydrogens is 835 g/mol. The summed E-state index contributed by atoms with van der Waals surface area (Å²) in [5.74, 6) is 0. The standard InChI is InChI=1S/C67H45NO/c1-67(2)63-23-13-12-22-55(63)56-34-33-50(39-64(56)67)68(48-29-24-43(25-30-48)42-14-4-3-5-15-42)49-31-26-44(27-32-49)57-40-59-53-20-10-8-18-51(53)52-19-9-11-21-54(52)60(59)41-58(57)47-28-35-65-61(37-47)62-36-45-16-6-7-17-46(45)38-66(62)69-65/h3-41H,1-2H3/i1D,2D2,4D,6D,7D,8D,9D,10D,11D,13D,14D,15D,17D,18D,19D,20D,21D,22D,23D,24D,25D,26D,27D,29D,30D,31D,32D,33D,34D,35D,37D,38D,40D,41D. The van der Waals surface area contributed by atoms with Crippen LogP contribution in [-0.2, 0) is 5.41 Å². The van der Waals surface area contributed by atoms with Crippen molar-refractivity contribution >= 4 is 82.1 Å². The van der Waals surface area contributed by atoms with Crippen LogP contribution < -0.4 is 4.90 Å². The molecule has 0 saturated heterocycles. The second-order valence-electron chi connectivity index (χ2n) is 16.0. The van der Waals surface area contributed by atoms with Crippen molar-refractivity contribution in [3.63, 3.8) is 0 Å². The number of hydrogen-bond acceptors (Lipinski definition) is 2. The molecule has 324 valence electrons. The Morgan fingerprint density at radius 2 is 1.04 bits per heavy atom. The minimum Gasteiger partial charge on any atom is -0.456 e. The smallest absolute Gasteiger partial charge is 0.136 e. The second-order valence-corrected chi connectivity index (χ2v) is 16.0. The minimum atomic E-state index is -2.41. The third-order valence-electron chi connectivity index (χ3n) is 12.0. The molecule has 69 heavy (non-hydrogen) atoms. The van der Waals surface area contributed by atoms with Crippen molar-refractivity contribution in [1.29, 1.82) is 0 Å². The fourth-order valence-electron chi connectivity index (χ4n) is 8.84. The molecule has 13 aromatic rings. The molecule has 1 aliphatic carbocycles. The molecule has 12 aromatic carbocycles. The lowest BCUT2D eigenvalue weighted by Gasteiger charge is -2.28. The van der Waals surface area contributed by atoms with E-state index in [1.54, 1.807) is 0 Å². The van der Waals surface area contributed by atoms with Crippen LogP contribution in [0.25, 0.3) is 110 Å². The van der Waals surface area contributed by atoms with Crippen LogP contribution in [0.15, 0.2) is 240 Å². The van der Waals surface area contributed by atoms with Gasteiger partial charge in [0.25, 0.3) is 0 Å². The van der Waals surface area contributed by atoms with Gasteiger partial charge >= 0.3 is 0 Å². The summed E-state index contributed by atoms with van der Waals surface area (Å²) in [4.78, 5) is 0.496. The van der Waals surface area contributed by atoms with Crippen molar-refractivity contribution < 1.29 is 52.4 Å². The Morgan fingerprint density at radius 3 is 1.78 bits per heavy atom. The maximum Gasteiger partial charge on any atom is 0.136 e. The summed E-state index contributed by atoms with van der Waals surface area (Å²) in [6, 6.07) is -20.8. The van der Waals surface area contributed by atoms with E-state index in [1.807, 2.05) is 0 Å². The zero-order chi connectivity index (χ0) is 75.9. The Labute approximate surface area is 450 Å². The number of fused-ring (bicyclic) bond motifs is 13. The molecule has 1 unspecified atom stereocenters. The number of anilines is 3. The maximum atomic E-state index is 10.6. The molecule has 0 aliphatic heterocycles. The van der Waals surface area contributed by atoms with Gasteiger partial charge in [-0.25, -0.2) is 0 Å². The fraction of sp³-hybridized carbons (Fsp3) is 0.0448. The highest BCUT2D eigenvalue weighted by Crippen LogP contribution is 2.51. The van der Waals surface area contributed by atoms with Gasteiger partial charge in [-0.3, -0.25) is 0 Å². The molecule has 0 fully saturated rings. The fourth-order valence-corrected chi connectivity index (χ4v) is 8.84. The van der Waals surface area contributed by atoms with E-state index in [0.29, 0.717) is 4.90 Å². The van der Waals surface area contributed by atoms with Crippen LogP contribution in [-0.4, -0.2) is 0 Å². The third-order valence-corrected chi connectivity index (χ3v) is 12.0. The molecule has 2 heteroatoms. The Kier molecular flexibility index (Phi) is 3.97. The summed E-state index contributed by atoms with van der Waals surface area (Å²) in [7, 11) is 0. The van der Waals surface area contributed by atoms with Crippen LogP contribution in [0.1, 0.15) is 72.9 Å². The summed E-state index contributed by atoms with van der Waals surface area (Å²) in [6.07, 6.45) is 0. The van der Waals surface area contributed by atoms with Gasteiger partial charge in [-0.15, -0.1) is 0 Å². The lowest BCUT2D eigenvalue weighted by molar-refractivity contribution is 0.660. The number of hydrogen-bond donors (Lipinski definition) is 0. The average molecular weight is 915 g/mol. The van der Waals surface area contributed by atoms with E-state index in [-0.39, 0.29) is 32.7 Å². The number of nitrogens with zero attached hydrogens (tertiary/aromatic N) is 1. The van der Waals surface area contributed by atoms with Crippen molar-refractivity contribution in [2.24, 2.45) is 0 Å². The molecule has 1 aromatic heterocycles. The summed E-state index contributed by atoms with van der Waals surface area (Å²) in [5.41, 5.74) is -12.5. The van der Waals surface area contributed by atoms with Crippen molar-refractivity contribution in [2.75, 3.05) is 4.90 Å². The van der Waals surface area contributed by atoms with Crippen molar-refractivity contribution in [1.82, 2.24) is 0 Å². The van der Waals surface area contributed by atoms with Gasteiger partial charge in [-0.2, -0.15) is 0 Å². The third kappa shape index (κ3) is 6.19. The van der Waals surface area contributed by atoms with Gasteiger partial charge in [0.1, 0.15) is 11.2 Å². The molecule has 1 aliphatic rings. The normalized spacial score (nSPS) is 21.4. The Morgan fingerprint density at radius 1 is 0.391 bits per heavy atom. The predicted octanol–water partition coefficient (Wildman–Crippen LogP) is 19.0. The second kappa shape index (κ2) is 15.2. The number of benzene rings is 12. The minimum absolute atomic E-state index is 0.0242. The first-order valence-corrected chi connectivity index (χ1v) is 21.0. The number of rotatable bonds is 6. The maximum absolute atomic E-state index is 10.6. The van der Waals surface area contributed by atoms with Gasteiger partial charge in [0.15, 0.2) is 0 Å². The molecule has 0 radical (unpaired) electrons. The largest absolute Gasteiger partial charge is 0.456 e. The molecule has 1 heterocycles. The predicted molar refractivity (Wildman–Crippen MR) is 292 cm³/mol. The average Bonchev–Trinajstić information content (AvgIpc) is 0.966. The molecular formula is C67H45NO. The van der Waals surface area contributed by atoms with Gasteiger partial charge in [0, 0.05) is 37.4 Å². The highest BCUT2D eigenvalue weighted by molar-refractivity contribution is 6.27. The molecule has 0 bridgehead atoms. The van der Waals surface area contributed by atoms with Crippen molar-refractivity contribution in [3.05, 3.63) is 247 Å². The molecule has 0 amide bonds. The van der Waals surface area contributed by atoms with Crippen LogP contribution in [0.2, 0.25) is 0 Å². The first-order valence-electron chi connectivity index (χ1n) is 38.9. The highest BCUT2D eigenvalue weighted by atomic mass is 16.3. The van der Waals surface area contributed by atoms with E-state index < -0.39 is 318 Å². The molecule has 0 saturated carbocycles.